The number of alkyl halides is 1. The van der Waals surface area contributed by atoms with E-state index in [9.17, 15) is 9.59 Å². The standard InChI is InChI=1S/C13H14ClNO2/c1-8-6-10(12(16)7-14)4-5-11(8)15-13(17)9-2-3-9/h4-6,9H,2-3,7H2,1H3,(H,15,17). The molecule has 2 rings (SSSR count). The van der Waals surface area contributed by atoms with Crippen molar-refractivity contribution in [3.8, 4) is 0 Å². The van der Waals surface area contributed by atoms with Crippen molar-refractivity contribution in [2.75, 3.05) is 11.2 Å². The molecule has 1 saturated carbocycles. The number of halogens is 1. The summed E-state index contributed by atoms with van der Waals surface area (Å²) in [4.78, 5) is 23.0. The Bertz CT molecular complexity index is 466. The van der Waals surface area contributed by atoms with Crippen LogP contribution < -0.4 is 5.32 Å². The second-order valence-corrected chi connectivity index (χ2v) is 4.62. The van der Waals surface area contributed by atoms with E-state index in [1.54, 1.807) is 18.2 Å². The van der Waals surface area contributed by atoms with Gasteiger partial charge in [-0.25, -0.2) is 0 Å². The summed E-state index contributed by atoms with van der Waals surface area (Å²) in [6, 6.07) is 5.21. The van der Waals surface area contributed by atoms with E-state index in [0.717, 1.165) is 24.1 Å². The Hall–Kier alpha value is -1.35. The SMILES string of the molecule is Cc1cc(C(=O)CCl)ccc1NC(=O)C1CC1. The zero-order valence-corrected chi connectivity index (χ0v) is 10.4. The van der Waals surface area contributed by atoms with E-state index in [1.807, 2.05) is 6.92 Å². The van der Waals surface area contributed by atoms with Crippen LogP contribution in [-0.4, -0.2) is 17.6 Å². The highest BCUT2D eigenvalue weighted by atomic mass is 35.5. The highest BCUT2D eigenvalue weighted by molar-refractivity contribution is 6.30. The van der Waals surface area contributed by atoms with Gasteiger partial charge in [0.2, 0.25) is 5.91 Å². The number of benzene rings is 1. The molecule has 0 radical (unpaired) electrons. The van der Waals surface area contributed by atoms with E-state index in [2.05, 4.69) is 5.32 Å². The van der Waals surface area contributed by atoms with E-state index in [1.165, 1.54) is 0 Å². The van der Waals surface area contributed by atoms with Gasteiger partial charge in [-0.3, -0.25) is 9.59 Å². The number of rotatable bonds is 4. The number of carbonyl (C=O) groups excluding carboxylic acids is 2. The molecule has 0 atom stereocenters. The van der Waals surface area contributed by atoms with Crippen LogP contribution in [0.2, 0.25) is 0 Å². The van der Waals surface area contributed by atoms with Crippen LogP contribution in [0.15, 0.2) is 18.2 Å². The van der Waals surface area contributed by atoms with Crippen molar-refractivity contribution in [1.29, 1.82) is 0 Å². The van der Waals surface area contributed by atoms with Gasteiger partial charge in [0.25, 0.3) is 0 Å². The molecule has 17 heavy (non-hydrogen) atoms. The van der Waals surface area contributed by atoms with Crippen LogP contribution in [0, 0.1) is 12.8 Å². The zero-order chi connectivity index (χ0) is 12.4. The van der Waals surface area contributed by atoms with Crippen molar-refractivity contribution in [3.63, 3.8) is 0 Å². The molecule has 1 amide bonds. The lowest BCUT2D eigenvalue weighted by atomic mass is 10.1. The van der Waals surface area contributed by atoms with Gasteiger partial charge in [0.05, 0.1) is 5.88 Å². The zero-order valence-electron chi connectivity index (χ0n) is 9.63. The van der Waals surface area contributed by atoms with E-state index >= 15 is 0 Å². The van der Waals surface area contributed by atoms with Crippen LogP contribution in [0.4, 0.5) is 5.69 Å². The van der Waals surface area contributed by atoms with Crippen molar-refractivity contribution in [1.82, 2.24) is 0 Å². The molecule has 0 saturated heterocycles. The maximum atomic E-state index is 11.6. The number of nitrogens with one attached hydrogen (secondary N) is 1. The molecule has 1 aliphatic rings. The summed E-state index contributed by atoms with van der Waals surface area (Å²) in [5, 5.41) is 2.87. The largest absolute Gasteiger partial charge is 0.326 e. The van der Waals surface area contributed by atoms with Crippen molar-refractivity contribution in [2.45, 2.75) is 19.8 Å². The minimum Gasteiger partial charge on any atom is -0.326 e. The van der Waals surface area contributed by atoms with E-state index in [4.69, 9.17) is 11.6 Å². The molecule has 0 heterocycles. The number of ketones is 1. The van der Waals surface area contributed by atoms with Crippen molar-refractivity contribution < 1.29 is 9.59 Å². The minimum absolute atomic E-state index is 0.0206. The first-order valence-corrected chi connectivity index (χ1v) is 6.16. The minimum atomic E-state index is -0.102. The molecule has 1 aromatic carbocycles. The predicted molar refractivity (Wildman–Crippen MR) is 67.6 cm³/mol. The lowest BCUT2D eigenvalue weighted by Gasteiger charge is -2.09. The lowest BCUT2D eigenvalue weighted by Crippen LogP contribution is -2.14. The van der Waals surface area contributed by atoms with E-state index < -0.39 is 0 Å². The molecular formula is C13H14ClNO2. The number of amides is 1. The number of hydrogen-bond acceptors (Lipinski definition) is 2. The smallest absolute Gasteiger partial charge is 0.227 e. The lowest BCUT2D eigenvalue weighted by molar-refractivity contribution is -0.117. The molecular weight excluding hydrogens is 238 g/mol. The van der Waals surface area contributed by atoms with Crippen molar-refractivity contribution in [2.24, 2.45) is 5.92 Å². The Morgan fingerprint density at radius 3 is 2.65 bits per heavy atom. The molecule has 3 nitrogen and oxygen atoms in total. The third-order valence-electron chi connectivity index (χ3n) is 2.88. The third-order valence-corrected chi connectivity index (χ3v) is 3.12. The maximum Gasteiger partial charge on any atom is 0.227 e. The van der Waals surface area contributed by atoms with Crippen molar-refractivity contribution in [3.05, 3.63) is 29.3 Å². The first-order valence-electron chi connectivity index (χ1n) is 5.62. The molecule has 90 valence electrons. The average molecular weight is 252 g/mol. The Labute approximate surface area is 105 Å². The third kappa shape index (κ3) is 2.86. The van der Waals surface area contributed by atoms with Gasteiger partial charge in [0.15, 0.2) is 5.78 Å². The maximum absolute atomic E-state index is 11.6. The van der Waals surface area contributed by atoms with Gasteiger partial charge in [-0.1, -0.05) is 0 Å². The van der Waals surface area contributed by atoms with Crippen LogP contribution in [0.1, 0.15) is 28.8 Å². The number of aryl methyl sites for hydroxylation is 1. The van der Waals surface area contributed by atoms with Gasteiger partial charge >= 0.3 is 0 Å². The van der Waals surface area contributed by atoms with Gasteiger partial charge in [0, 0.05) is 17.2 Å². The number of carbonyl (C=O) groups is 2. The summed E-state index contributed by atoms with van der Waals surface area (Å²) < 4.78 is 0. The molecule has 1 aliphatic carbocycles. The summed E-state index contributed by atoms with van der Waals surface area (Å²) in [6.07, 6.45) is 1.96. The highest BCUT2D eigenvalue weighted by Crippen LogP contribution is 2.30. The summed E-state index contributed by atoms with van der Waals surface area (Å²) in [7, 11) is 0. The fourth-order valence-corrected chi connectivity index (χ4v) is 1.79. The molecule has 1 fully saturated rings. The summed E-state index contributed by atoms with van der Waals surface area (Å²) >= 11 is 5.49. The normalized spacial score (nSPS) is 14.5. The molecule has 4 heteroatoms. The summed E-state index contributed by atoms with van der Waals surface area (Å²) in [6.45, 7) is 1.87. The van der Waals surface area contributed by atoms with Crippen molar-refractivity contribution >= 4 is 29.0 Å². The fraction of sp³-hybridized carbons (Fsp3) is 0.385. The van der Waals surface area contributed by atoms with Crippen LogP contribution in [0.25, 0.3) is 0 Å². The molecule has 0 spiro atoms. The van der Waals surface area contributed by atoms with Gasteiger partial charge < -0.3 is 5.32 Å². The topological polar surface area (TPSA) is 46.2 Å². The Morgan fingerprint density at radius 1 is 1.41 bits per heavy atom. The van der Waals surface area contributed by atoms with Gasteiger partial charge in [-0.05, 0) is 43.5 Å². The molecule has 0 unspecified atom stereocenters. The Balaban J connectivity index is 2.13. The second kappa shape index (κ2) is 4.88. The van der Waals surface area contributed by atoms with Gasteiger partial charge in [0.1, 0.15) is 0 Å². The summed E-state index contributed by atoms with van der Waals surface area (Å²) in [5.74, 6) is 0.130. The van der Waals surface area contributed by atoms with E-state index in [0.29, 0.717) is 5.56 Å². The van der Waals surface area contributed by atoms with Crippen LogP contribution >= 0.6 is 11.6 Å². The fourth-order valence-electron chi connectivity index (χ4n) is 1.63. The number of anilines is 1. The van der Waals surface area contributed by atoms with Crippen LogP contribution in [0.5, 0.6) is 0 Å². The Kier molecular flexibility index (Phi) is 3.48. The van der Waals surface area contributed by atoms with Gasteiger partial charge in [-0.2, -0.15) is 0 Å². The number of Topliss-reactive ketones (excluding diaryl/α,β-unsaturated/α-hetero) is 1. The summed E-state index contributed by atoms with van der Waals surface area (Å²) in [5.41, 5.74) is 2.24. The van der Waals surface area contributed by atoms with Crippen LogP contribution in [0.3, 0.4) is 0 Å². The first kappa shape index (κ1) is 12.1. The predicted octanol–water partition coefficient (Wildman–Crippen LogP) is 2.77. The first-order chi connectivity index (χ1) is 8.11. The molecule has 0 aromatic heterocycles. The quantitative estimate of drug-likeness (QED) is 0.661. The van der Waals surface area contributed by atoms with Crippen LogP contribution in [-0.2, 0) is 4.79 Å². The monoisotopic (exact) mass is 251 g/mol. The average Bonchev–Trinajstić information content (AvgIpc) is 3.14. The second-order valence-electron chi connectivity index (χ2n) is 4.35. The highest BCUT2D eigenvalue weighted by Gasteiger charge is 2.29. The molecule has 1 aromatic rings. The van der Waals surface area contributed by atoms with E-state index in [-0.39, 0.29) is 23.5 Å². The molecule has 0 aliphatic heterocycles. The Morgan fingerprint density at radius 2 is 2.12 bits per heavy atom. The molecule has 0 bridgehead atoms. The number of hydrogen-bond donors (Lipinski definition) is 1. The molecule has 1 N–H and O–H groups in total. The van der Waals surface area contributed by atoms with Gasteiger partial charge in [-0.15, -0.1) is 11.6 Å².